The number of rotatable bonds is 8. The van der Waals surface area contributed by atoms with Gasteiger partial charge in [0.25, 0.3) is 0 Å². The molecule has 29 heavy (non-hydrogen) atoms. The molecule has 2 rings (SSSR count). The molecule has 1 atom stereocenters. The Morgan fingerprint density at radius 3 is 2.48 bits per heavy atom. The molecule has 2 aromatic rings. The number of carbonyl (C=O) groups is 2. The minimum absolute atomic E-state index is 0.186. The number of hydrogen-bond donors (Lipinski definition) is 2. The predicted octanol–water partition coefficient (Wildman–Crippen LogP) is 3.74. The van der Waals surface area contributed by atoms with Crippen LogP contribution in [0.4, 0.5) is 4.39 Å². The van der Waals surface area contributed by atoms with Crippen LogP contribution in [0.1, 0.15) is 42.0 Å². The predicted molar refractivity (Wildman–Crippen MR) is 110 cm³/mol. The molecule has 156 valence electrons. The molecule has 0 saturated carbocycles. The highest BCUT2D eigenvalue weighted by Crippen LogP contribution is 2.29. The number of aryl methyl sites for hydroxylation is 3. The second-order valence-corrected chi connectivity index (χ2v) is 7.22. The van der Waals surface area contributed by atoms with Crippen LogP contribution in [0.5, 0.6) is 0 Å². The molecule has 0 aromatic heterocycles. The third-order valence-electron chi connectivity index (χ3n) is 4.68. The van der Waals surface area contributed by atoms with Gasteiger partial charge in [0.15, 0.2) is 0 Å². The molecule has 1 amide bonds. The summed E-state index contributed by atoms with van der Waals surface area (Å²) in [5, 5.41) is 12.7. The smallest absolute Gasteiger partial charge is 0.308 e. The zero-order valence-electron chi connectivity index (χ0n) is 17.3. The number of ether oxygens (including phenoxy) is 1. The lowest BCUT2D eigenvalue weighted by atomic mass is 9.92. The molecule has 0 radical (unpaired) electrons. The first-order valence-corrected chi connectivity index (χ1v) is 9.68. The average molecular weight is 401 g/mol. The van der Waals surface area contributed by atoms with E-state index >= 15 is 0 Å². The van der Waals surface area contributed by atoms with E-state index in [-0.39, 0.29) is 37.7 Å². The van der Waals surface area contributed by atoms with Crippen molar-refractivity contribution < 1.29 is 23.8 Å². The van der Waals surface area contributed by atoms with E-state index in [1.807, 2.05) is 26.0 Å². The molecule has 0 fully saturated rings. The monoisotopic (exact) mass is 401 g/mol. The topological polar surface area (TPSA) is 75.6 Å². The van der Waals surface area contributed by atoms with E-state index in [2.05, 4.69) is 5.32 Å². The SMILES string of the molecule is CCOC(=O)CC(O)CC(=O)NCc1c(C)cc(C)cc1-c1ccc(F)c(C)c1. The summed E-state index contributed by atoms with van der Waals surface area (Å²) in [6.45, 7) is 7.85. The summed E-state index contributed by atoms with van der Waals surface area (Å²) in [7, 11) is 0. The quantitative estimate of drug-likeness (QED) is 0.661. The number of hydrogen-bond acceptors (Lipinski definition) is 4. The largest absolute Gasteiger partial charge is 0.466 e. The lowest BCUT2D eigenvalue weighted by Gasteiger charge is -2.17. The van der Waals surface area contributed by atoms with Gasteiger partial charge in [-0.25, -0.2) is 4.39 Å². The van der Waals surface area contributed by atoms with Gasteiger partial charge in [0.05, 0.1) is 25.6 Å². The first-order chi connectivity index (χ1) is 13.7. The highest BCUT2D eigenvalue weighted by molar-refractivity contribution is 5.78. The minimum atomic E-state index is -1.09. The van der Waals surface area contributed by atoms with Gasteiger partial charge in [0.2, 0.25) is 5.91 Å². The van der Waals surface area contributed by atoms with Gasteiger partial charge in [-0.3, -0.25) is 9.59 Å². The Labute approximate surface area is 170 Å². The number of halogens is 1. The molecule has 2 aromatic carbocycles. The van der Waals surface area contributed by atoms with Gasteiger partial charge >= 0.3 is 5.97 Å². The molecule has 1 unspecified atom stereocenters. The van der Waals surface area contributed by atoms with Gasteiger partial charge in [-0.05, 0) is 67.6 Å². The fraction of sp³-hybridized carbons (Fsp3) is 0.391. The number of aliphatic hydroxyl groups is 1. The van der Waals surface area contributed by atoms with Crippen molar-refractivity contribution in [2.24, 2.45) is 0 Å². The van der Waals surface area contributed by atoms with Gasteiger partial charge in [-0.1, -0.05) is 23.8 Å². The number of carbonyl (C=O) groups excluding carboxylic acids is 2. The van der Waals surface area contributed by atoms with Crippen LogP contribution in [0.25, 0.3) is 11.1 Å². The number of aliphatic hydroxyl groups excluding tert-OH is 1. The summed E-state index contributed by atoms with van der Waals surface area (Å²) in [6, 6.07) is 8.99. The Bertz CT molecular complexity index is 895. The maximum Gasteiger partial charge on any atom is 0.308 e. The highest BCUT2D eigenvalue weighted by Gasteiger charge is 2.17. The van der Waals surface area contributed by atoms with Gasteiger partial charge in [0, 0.05) is 6.54 Å². The van der Waals surface area contributed by atoms with Crippen molar-refractivity contribution in [2.45, 2.75) is 53.2 Å². The number of amides is 1. The van der Waals surface area contributed by atoms with Crippen LogP contribution in [-0.2, 0) is 20.9 Å². The molecule has 0 heterocycles. The van der Waals surface area contributed by atoms with Crippen LogP contribution in [-0.4, -0.2) is 29.7 Å². The third kappa shape index (κ3) is 6.39. The number of esters is 1. The van der Waals surface area contributed by atoms with Crippen LogP contribution >= 0.6 is 0 Å². The van der Waals surface area contributed by atoms with Crippen molar-refractivity contribution in [3.8, 4) is 11.1 Å². The van der Waals surface area contributed by atoms with E-state index in [4.69, 9.17) is 4.74 Å². The summed E-state index contributed by atoms with van der Waals surface area (Å²) in [6.07, 6.45) is -1.49. The fourth-order valence-electron chi connectivity index (χ4n) is 3.26. The summed E-state index contributed by atoms with van der Waals surface area (Å²) in [5.41, 5.74) is 5.36. The molecule has 0 spiro atoms. The van der Waals surface area contributed by atoms with E-state index < -0.39 is 12.1 Å². The Morgan fingerprint density at radius 1 is 1.10 bits per heavy atom. The average Bonchev–Trinajstić information content (AvgIpc) is 2.62. The van der Waals surface area contributed by atoms with E-state index in [1.165, 1.54) is 6.07 Å². The Hall–Kier alpha value is -2.73. The molecule has 0 bridgehead atoms. The van der Waals surface area contributed by atoms with Crippen molar-refractivity contribution in [1.29, 1.82) is 0 Å². The molecular formula is C23H28FNO4. The lowest BCUT2D eigenvalue weighted by molar-refractivity contribution is -0.145. The maximum atomic E-state index is 13.7. The molecule has 0 aliphatic carbocycles. The molecule has 6 heteroatoms. The van der Waals surface area contributed by atoms with E-state index in [0.29, 0.717) is 5.56 Å². The van der Waals surface area contributed by atoms with E-state index in [1.54, 1.807) is 26.0 Å². The van der Waals surface area contributed by atoms with Crippen molar-refractivity contribution in [3.05, 3.63) is 58.4 Å². The van der Waals surface area contributed by atoms with Gasteiger partial charge in [-0.2, -0.15) is 0 Å². The first kappa shape index (κ1) is 22.6. The molecular weight excluding hydrogens is 373 g/mol. The van der Waals surface area contributed by atoms with Crippen molar-refractivity contribution in [2.75, 3.05) is 6.61 Å². The van der Waals surface area contributed by atoms with Crippen LogP contribution in [0.3, 0.4) is 0 Å². The molecule has 2 N–H and O–H groups in total. The lowest BCUT2D eigenvalue weighted by Crippen LogP contribution is -2.29. The van der Waals surface area contributed by atoms with Gasteiger partial charge in [-0.15, -0.1) is 0 Å². The fourth-order valence-corrected chi connectivity index (χ4v) is 3.26. The van der Waals surface area contributed by atoms with Crippen molar-refractivity contribution in [3.63, 3.8) is 0 Å². The molecule has 0 aliphatic rings. The molecule has 0 aliphatic heterocycles. The third-order valence-corrected chi connectivity index (χ3v) is 4.68. The standard InChI is InChI=1S/C23H28FNO4/c1-5-29-23(28)12-18(26)11-22(27)25-13-20-15(3)8-14(2)9-19(20)17-6-7-21(24)16(4)10-17/h6-10,18,26H,5,11-13H2,1-4H3,(H,25,27). The summed E-state index contributed by atoms with van der Waals surface area (Å²) < 4.78 is 18.4. The second-order valence-electron chi connectivity index (χ2n) is 7.22. The Kier molecular flexibility index (Phi) is 7.91. The van der Waals surface area contributed by atoms with E-state index in [9.17, 15) is 19.1 Å². The summed E-state index contributed by atoms with van der Waals surface area (Å²) in [5.74, 6) is -1.15. The van der Waals surface area contributed by atoms with Gasteiger partial charge in [0.1, 0.15) is 5.82 Å². The van der Waals surface area contributed by atoms with Crippen LogP contribution in [0, 0.1) is 26.6 Å². The highest BCUT2D eigenvalue weighted by atomic mass is 19.1. The molecule has 5 nitrogen and oxygen atoms in total. The van der Waals surface area contributed by atoms with Crippen LogP contribution in [0.2, 0.25) is 0 Å². The second kappa shape index (κ2) is 10.2. The van der Waals surface area contributed by atoms with Crippen LogP contribution in [0.15, 0.2) is 30.3 Å². The number of nitrogens with one attached hydrogen (secondary N) is 1. The maximum absolute atomic E-state index is 13.7. The normalized spacial score (nSPS) is 11.8. The first-order valence-electron chi connectivity index (χ1n) is 9.68. The summed E-state index contributed by atoms with van der Waals surface area (Å²) in [4.78, 5) is 23.6. The Morgan fingerprint density at radius 2 is 1.83 bits per heavy atom. The zero-order valence-corrected chi connectivity index (χ0v) is 17.3. The van der Waals surface area contributed by atoms with Crippen LogP contribution < -0.4 is 5.32 Å². The van der Waals surface area contributed by atoms with Gasteiger partial charge < -0.3 is 15.2 Å². The Balaban J connectivity index is 2.13. The van der Waals surface area contributed by atoms with Crippen molar-refractivity contribution in [1.82, 2.24) is 5.32 Å². The zero-order chi connectivity index (χ0) is 21.6. The van der Waals surface area contributed by atoms with E-state index in [0.717, 1.165) is 27.8 Å². The minimum Gasteiger partial charge on any atom is -0.466 e. The van der Waals surface area contributed by atoms with Crippen molar-refractivity contribution >= 4 is 11.9 Å². The molecule has 0 saturated heterocycles. The summed E-state index contributed by atoms with van der Waals surface area (Å²) >= 11 is 0. The number of benzene rings is 2.